The van der Waals surface area contributed by atoms with Gasteiger partial charge in [0.25, 0.3) is 0 Å². The molecule has 0 saturated carbocycles. The Kier molecular flexibility index (Phi) is 5.85. The fourth-order valence-electron chi connectivity index (χ4n) is 2.19. The lowest BCUT2D eigenvalue weighted by molar-refractivity contribution is 0.374. The lowest BCUT2D eigenvalue weighted by atomic mass is 10.3. The maximum Gasteiger partial charge on any atom is 0.193 e. The second-order valence-corrected chi connectivity index (χ2v) is 6.30. The molecule has 0 spiro atoms. The first-order valence-electron chi connectivity index (χ1n) is 6.58. The summed E-state index contributed by atoms with van der Waals surface area (Å²) in [6.45, 7) is 5.21. The van der Waals surface area contributed by atoms with E-state index in [4.69, 9.17) is 0 Å². The van der Waals surface area contributed by atoms with Crippen molar-refractivity contribution in [3.05, 3.63) is 17.5 Å². The van der Waals surface area contributed by atoms with E-state index in [9.17, 15) is 0 Å². The summed E-state index contributed by atoms with van der Waals surface area (Å²) in [5.41, 5.74) is 0. The molecule has 19 heavy (non-hydrogen) atoms. The van der Waals surface area contributed by atoms with Crippen LogP contribution in [0.2, 0.25) is 0 Å². The number of nitrogens with one attached hydrogen (secondary N) is 1. The topological polar surface area (TPSA) is 30.9 Å². The van der Waals surface area contributed by atoms with Crippen LogP contribution in [0.25, 0.3) is 0 Å². The molecule has 0 atom stereocenters. The Morgan fingerprint density at radius 1 is 1.42 bits per heavy atom. The first kappa shape index (κ1) is 14.5. The minimum Gasteiger partial charge on any atom is -0.360 e. The second kappa shape index (κ2) is 7.65. The summed E-state index contributed by atoms with van der Waals surface area (Å²) in [7, 11) is 1.87. The summed E-state index contributed by atoms with van der Waals surface area (Å²) < 4.78 is 0. The zero-order chi connectivity index (χ0) is 13.5. The van der Waals surface area contributed by atoms with Crippen LogP contribution in [-0.4, -0.2) is 62.6 Å². The number of hydrogen-bond acceptors (Lipinski definition) is 4. The van der Waals surface area contributed by atoms with Crippen LogP contribution in [0, 0.1) is 0 Å². The predicted octanol–water partition coefficient (Wildman–Crippen LogP) is 1.81. The molecule has 0 aliphatic carbocycles. The number of rotatable bonds is 4. The van der Waals surface area contributed by atoms with E-state index in [1.807, 2.05) is 30.1 Å². The summed E-state index contributed by atoms with van der Waals surface area (Å²) in [6.07, 6.45) is 2.13. The number of aliphatic imine (C=N–C) groups is 1. The van der Waals surface area contributed by atoms with E-state index in [1.165, 1.54) is 5.00 Å². The minimum atomic E-state index is 0.985. The second-order valence-electron chi connectivity index (χ2n) is 4.39. The third kappa shape index (κ3) is 4.04. The zero-order valence-electron chi connectivity index (χ0n) is 11.6. The summed E-state index contributed by atoms with van der Waals surface area (Å²) >= 11 is 3.68. The van der Waals surface area contributed by atoms with Crippen molar-refractivity contribution in [3.8, 4) is 0 Å². The van der Waals surface area contributed by atoms with Crippen LogP contribution >= 0.6 is 23.1 Å². The normalized spacial score (nSPS) is 16.8. The van der Waals surface area contributed by atoms with Crippen LogP contribution in [0.4, 0.5) is 5.00 Å². The molecule has 1 aliphatic rings. The van der Waals surface area contributed by atoms with E-state index in [0.29, 0.717) is 0 Å². The highest BCUT2D eigenvalue weighted by atomic mass is 32.2. The molecule has 0 bridgehead atoms. The average Bonchev–Trinajstić information content (AvgIpc) is 2.98. The maximum absolute atomic E-state index is 4.38. The van der Waals surface area contributed by atoms with Gasteiger partial charge in [0.2, 0.25) is 0 Å². The molecule has 2 heterocycles. The van der Waals surface area contributed by atoms with Crippen LogP contribution < -0.4 is 10.2 Å². The van der Waals surface area contributed by atoms with Gasteiger partial charge < -0.3 is 15.1 Å². The lowest BCUT2D eigenvalue weighted by Gasteiger charge is -2.37. The van der Waals surface area contributed by atoms with Crippen molar-refractivity contribution in [1.82, 2.24) is 10.2 Å². The van der Waals surface area contributed by atoms with Gasteiger partial charge in [0.15, 0.2) is 5.96 Å². The molecular weight excluding hydrogens is 276 g/mol. The van der Waals surface area contributed by atoms with Crippen LogP contribution in [-0.2, 0) is 0 Å². The Labute approximate surface area is 123 Å². The maximum atomic E-state index is 4.38. The molecule has 1 saturated heterocycles. The van der Waals surface area contributed by atoms with Gasteiger partial charge in [-0.05, 0) is 23.8 Å². The number of piperazine rings is 1. The fraction of sp³-hybridized carbons (Fsp3) is 0.615. The highest BCUT2D eigenvalue weighted by Gasteiger charge is 2.19. The highest BCUT2D eigenvalue weighted by molar-refractivity contribution is 7.98. The quantitative estimate of drug-likeness (QED) is 0.522. The lowest BCUT2D eigenvalue weighted by Crippen LogP contribution is -2.52. The van der Waals surface area contributed by atoms with Crippen LogP contribution in [0.1, 0.15) is 0 Å². The van der Waals surface area contributed by atoms with Crippen molar-refractivity contribution in [3.63, 3.8) is 0 Å². The van der Waals surface area contributed by atoms with Gasteiger partial charge in [0, 0.05) is 45.5 Å². The first-order chi connectivity index (χ1) is 9.35. The smallest absolute Gasteiger partial charge is 0.193 e. The number of thioether (sulfide) groups is 1. The SMILES string of the molecule is CN=C(NCCSC)N1CCN(c2cccs2)CC1. The molecule has 1 aromatic heterocycles. The third-order valence-corrected chi connectivity index (χ3v) is 4.74. The zero-order valence-corrected chi connectivity index (χ0v) is 13.3. The van der Waals surface area contributed by atoms with E-state index in [2.05, 4.69) is 43.9 Å². The summed E-state index contributed by atoms with van der Waals surface area (Å²) in [5.74, 6) is 2.16. The van der Waals surface area contributed by atoms with E-state index in [0.717, 1.165) is 44.4 Å². The Hall–Kier alpha value is -0.880. The van der Waals surface area contributed by atoms with Crippen molar-refractivity contribution in [2.45, 2.75) is 0 Å². The van der Waals surface area contributed by atoms with E-state index in [-0.39, 0.29) is 0 Å². The summed E-state index contributed by atoms with van der Waals surface area (Å²) in [5, 5.41) is 6.95. The number of hydrogen-bond donors (Lipinski definition) is 1. The predicted molar refractivity (Wildman–Crippen MR) is 87.8 cm³/mol. The minimum absolute atomic E-state index is 0.985. The van der Waals surface area contributed by atoms with Gasteiger partial charge in [-0.1, -0.05) is 0 Å². The molecule has 0 unspecified atom stereocenters. The van der Waals surface area contributed by atoms with Gasteiger partial charge in [0.05, 0.1) is 5.00 Å². The number of anilines is 1. The van der Waals surface area contributed by atoms with E-state index < -0.39 is 0 Å². The van der Waals surface area contributed by atoms with Gasteiger partial charge in [-0.2, -0.15) is 11.8 Å². The number of thiophene rings is 1. The molecule has 1 aliphatic heterocycles. The Bertz CT molecular complexity index is 383. The van der Waals surface area contributed by atoms with E-state index >= 15 is 0 Å². The monoisotopic (exact) mass is 298 g/mol. The number of guanidine groups is 1. The van der Waals surface area contributed by atoms with Gasteiger partial charge in [0.1, 0.15) is 0 Å². The molecule has 6 heteroatoms. The van der Waals surface area contributed by atoms with Gasteiger partial charge in [-0.3, -0.25) is 4.99 Å². The van der Waals surface area contributed by atoms with Crippen LogP contribution in [0.5, 0.6) is 0 Å². The molecule has 0 amide bonds. The van der Waals surface area contributed by atoms with Crippen molar-refractivity contribution in [2.75, 3.05) is 56.7 Å². The number of nitrogens with zero attached hydrogens (tertiary/aromatic N) is 3. The van der Waals surface area contributed by atoms with Crippen molar-refractivity contribution < 1.29 is 0 Å². The fourth-order valence-corrected chi connectivity index (χ4v) is 3.28. The molecular formula is C13H22N4S2. The Balaban J connectivity index is 1.81. The highest BCUT2D eigenvalue weighted by Crippen LogP contribution is 2.22. The molecule has 0 radical (unpaired) electrons. The molecule has 106 valence electrons. The van der Waals surface area contributed by atoms with Gasteiger partial charge in [-0.25, -0.2) is 0 Å². The molecule has 0 aromatic carbocycles. The van der Waals surface area contributed by atoms with Gasteiger partial charge >= 0.3 is 0 Å². The Morgan fingerprint density at radius 3 is 2.79 bits per heavy atom. The largest absolute Gasteiger partial charge is 0.360 e. The third-order valence-electron chi connectivity index (χ3n) is 3.20. The molecule has 1 aromatic rings. The summed E-state index contributed by atoms with van der Waals surface area (Å²) in [6, 6.07) is 4.32. The molecule has 1 fully saturated rings. The van der Waals surface area contributed by atoms with Crippen molar-refractivity contribution in [1.29, 1.82) is 0 Å². The average molecular weight is 298 g/mol. The first-order valence-corrected chi connectivity index (χ1v) is 8.85. The van der Waals surface area contributed by atoms with Crippen molar-refractivity contribution >= 4 is 34.1 Å². The molecule has 1 N–H and O–H groups in total. The Morgan fingerprint density at radius 2 is 2.21 bits per heavy atom. The standard InChI is InChI=1S/C13H22N4S2/c1-14-13(15-5-11-18-2)17-8-6-16(7-9-17)12-4-3-10-19-12/h3-4,10H,5-9,11H2,1-2H3,(H,14,15). The van der Waals surface area contributed by atoms with Crippen LogP contribution in [0.3, 0.4) is 0 Å². The summed E-state index contributed by atoms with van der Waals surface area (Å²) in [4.78, 5) is 9.18. The van der Waals surface area contributed by atoms with Gasteiger partial charge in [-0.15, -0.1) is 11.3 Å². The van der Waals surface area contributed by atoms with Crippen molar-refractivity contribution in [2.24, 2.45) is 4.99 Å². The molecule has 4 nitrogen and oxygen atoms in total. The molecule has 2 rings (SSSR count). The van der Waals surface area contributed by atoms with Crippen LogP contribution in [0.15, 0.2) is 22.5 Å². The van der Waals surface area contributed by atoms with E-state index in [1.54, 1.807) is 0 Å².